The molecular formula is C16H19N3O3. The maximum Gasteiger partial charge on any atom is 0.434 e. The maximum absolute atomic E-state index is 11.7. The fourth-order valence-corrected chi connectivity index (χ4v) is 1.69. The Hall–Kier alpha value is -2.68. The van der Waals surface area contributed by atoms with Crippen LogP contribution in [0, 0.1) is 11.3 Å². The monoisotopic (exact) mass is 301 g/mol. The molecule has 0 spiro atoms. The van der Waals surface area contributed by atoms with Gasteiger partial charge in [0, 0.05) is 12.1 Å². The van der Waals surface area contributed by atoms with Gasteiger partial charge in [0.15, 0.2) is 0 Å². The normalized spacial score (nSPS) is 11.6. The molecule has 0 heterocycles. The largest absolute Gasteiger partial charge is 0.442 e. The van der Waals surface area contributed by atoms with Crippen molar-refractivity contribution in [2.45, 2.75) is 39.2 Å². The maximum atomic E-state index is 11.7. The van der Waals surface area contributed by atoms with Crippen LogP contribution in [0.3, 0.4) is 0 Å². The van der Waals surface area contributed by atoms with Crippen LogP contribution in [0.5, 0.6) is 0 Å². The number of benzene rings is 1. The van der Waals surface area contributed by atoms with Gasteiger partial charge in [0.05, 0.1) is 18.1 Å². The Morgan fingerprint density at radius 1 is 1.27 bits per heavy atom. The summed E-state index contributed by atoms with van der Waals surface area (Å²) in [6, 6.07) is 8.81. The van der Waals surface area contributed by atoms with E-state index >= 15 is 0 Å². The fourth-order valence-electron chi connectivity index (χ4n) is 1.69. The first-order chi connectivity index (χ1) is 10.2. The van der Waals surface area contributed by atoms with Crippen LogP contribution in [0.4, 0.5) is 4.79 Å². The van der Waals surface area contributed by atoms with Gasteiger partial charge in [0.2, 0.25) is 5.91 Å². The van der Waals surface area contributed by atoms with E-state index in [0.717, 1.165) is 5.56 Å². The summed E-state index contributed by atoms with van der Waals surface area (Å²) < 4.78 is 5.10. The average Bonchev–Trinajstić information content (AvgIpc) is 2.36. The van der Waals surface area contributed by atoms with Gasteiger partial charge in [-0.3, -0.25) is 4.79 Å². The SMILES string of the molecule is CC(C)(C)OC(=O)N=C(CC(N)=O)Cc1ccc(C#N)cc1. The number of hydrogen-bond acceptors (Lipinski definition) is 4. The van der Waals surface area contributed by atoms with Crippen LogP contribution in [-0.2, 0) is 16.0 Å². The molecule has 2 amide bonds. The average molecular weight is 301 g/mol. The first kappa shape index (κ1) is 17.4. The highest BCUT2D eigenvalue weighted by atomic mass is 16.6. The van der Waals surface area contributed by atoms with E-state index < -0.39 is 17.6 Å². The van der Waals surface area contributed by atoms with E-state index in [1.54, 1.807) is 45.0 Å². The van der Waals surface area contributed by atoms with Crippen molar-refractivity contribution < 1.29 is 14.3 Å². The molecule has 0 fully saturated rings. The fraction of sp³-hybridized carbons (Fsp3) is 0.375. The topological polar surface area (TPSA) is 106 Å². The second-order valence-electron chi connectivity index (χ2n) is 5.79. The number of nitrogens with two attached hydrogens (primary N) is 1. The van der Waals surface area contributed by atoms with Crippen LogP contribution >= 0.6 is 0 Å². The molecule has 1 rings (SSSR count). The van der Waals surface area contributed by atoms with Crippen molar-refractivity contribution in [1.82, 2.24) is 0 Å². The van der Waals surface area contributed by atoms with Crippen molar-refractivity contribution in [1.29, 1.82) is 5.26 Å². The number of amides is 2. The number of nitriles is 1. The summed E-state index contributed by atoms with van der Waals surface area (Å²) >= 11 is 0. The Labute approximate surface area is 129 Å². The minimum atomic E-state index is -0.752. The second kappa shape index (κ2) is 7.36. The van der Waals surface area contributed by atoms with Gasteiger partial charge >= 0.3 is 6.09 Å². The minimum Gasteiger partial charge on any atom is -0.442 e. The van der Waals surface area contributed by atoms with E-state index in [-0.39, 0.29) is 12.8 Å². The minimum absolute atomic E-state index is 0.126. The summed E-state index contributed by atoms with van der Waals surface area (Å²) in [5, 5.41) is 8.76. The number of carbonyl (C=O) groups excluding carboxylic acids is 2. The number of aliphatic imine (C=N–C) groups is 1. The van der Waals surface area contributed by atoms with E-state index in [1.807, 2.05) is 6.07 Å². The van der Waals surface area contributed by atoms with Crippen LogP contribution in [0.2, 0.25) is 0 Å². The van der Waals surface area contributed by atoms with Crippen molar-refractivity contribution in [3.63, 3.8) is 0 Å². The van der Waals surface area contributed by atoms with Crippen molar-refractivity contribution >= 4 is 17.7 Å². The van der Waals surface area contributed by atoms with Crippen molar-refractivity contribution in [3.05, 3.63) is 35.4 Å². The third kappa shape index (κ3) is 6.66. The zero-order valence-electron chi connectivity index (χ0n) is 12.9. The molecule has 0 aliphatic heterocycles. The third-order valence-electron chi connectivity index (χ3n) is 2.51. The van der Waals surface area contributed by atoms with Gasteiger partial charge in [-0.25, -0.2) is 4.79 Å². The number of primary amides is 1. The van der Waals surface area contributed by atoms with E-state index in [2.05, 4.69) is 4.99 Å². The van der Waals surface area contributed by atoms with E-state index in [1.165, 1.54) is 0 Å². The Morgan fingerprint density at radius 3 is 2.32 bits per heavy atom. The molecule has 22 heavy (non-hydrogen) atoms. The Bertz CT molecular complexity index is 620. The van der Waals surface area contributed by atoms with Crippen LogP contribution in [0.25, 0.3) is 0 Å². The summed E-state index contributed by atoms with van der Waals surface area (Å²) in [5.41, 5.74) is 6.20. The number of rotatable bonds is 4. The molecule has 0 bridgehead atoms. The van der Waals surface area contributed by atoms with Gasteiger partial charge < -0.3 is 10.5 Å². The molecule has 0 aliphatic carbocycles. The summed E-state index contributed by atoms with van der Waals surface area (Å²) in [6.07, 6.45) is -0.593. The Morgan fingerprint density at radius 2 is 1.86 bits per heavy atom. The van der Waals surface area contributed by atoms with Gasteiger partial charge in [-0.05, 0) is 38.5 Å². The van der Waals surface area contributed by atoms with Crippen molar-refractivity contribution in [3.8, 4) is 6.07 Å². The van der Waals surface area contributed by atoms with Crippen molar-refractivity contribution in [2.24, 2.45) is 10.7 Å². The quantitative estimate of drug-likeness (QED) is 0.861. The van der Waals surface area contributed by atoms with Gasteiger partial charge in [0.1, 0.15) is 5.60 Å². The molecule has 2 N–H and O–H groups in total. The highest BCUT2D eigenvalue weighted by Crippen LogP contribution is 2.10. The first-order valence-corrected chi connectivity index (χ1v) is 6.76. The van der Waals surface area contributed by atoms with E-state index in [4.69, 9.17) is 15.7 Å². The number of hydrogen-bond donors (Lipinski definition) is 1. The number of ether oxygens (including phenoxy) is 1. The molecule has 0 radical (unpaired) electrons. The van der Waals surface area contributed by atoms with E-state index in [0.29, 0.717) is 11.3 Å². The van der Waals surface area contributed by atoms with Gasteiger partial charge in [-0.15, -0.1) is 0 Å². The molecule has 0 atom stereocenters. The zero-order chi connectivity index (χ0) is 16.8. The van der Waals surface area contributed by atoms with Gasteiger partial charge in [0.25, 0.3) is 0 Å². The summed E-state index contributed by atoms with van der Waals surface area (Å²) in [5.74, 6) is -0.573. The lowest BCUT2D eigenvalue weighted by molar-refractivity contribution is -0.116. The first-order valence-electron chi connectivity index (χ1n) is 6.76. The van der Waals surface area contributed by atoms with Gasteiger partial charge in [-0.2, -0.15) is 10.3 Å². The smallest absolute Gasteiger partial charge is 0.434 e. The Kier molecular flexibility index (Phi) is 5.81. The zero-order valence-corrected chi connectivity index (χ0v) is 12.9. The predicted octanol–water partition coefficient (Wildman–Crippen LogP) is 2.35. The van der Waals surface area contributed by atoms with Crippen LogP contribution in [-0.4, -0.2) is 23.3 Å². The Balaban J connectivity index is 2.90. The lowest BCUT2D eigenvalue weighted by Crippen LogP contribution is -2.24. The van der Waals surface area contributed by atoms with Crippen LogP contribution in [0.15, 0.2) is 29.3 Å². The van der Waals surface area contributed by atoms with Crippen LogP contribution < -0.4 is 5.73 Å². The number of carbonyl (C=O) groups is 2. The molecule has 0 unspecified atom stereocenters. The molecule has 6 heteroatoms. The molecule has 0 saturated carbocycles. The summed E-state index contributed by atoms with van der Waals surface area (Å²) in [6.45, 7) is 5.19. The molecule has 0 aliphatic rings. The summed E-state index contributed by atoms with van der Waals surface area (Å²) in [7, 11) is 0. The molecule has 0 saturated heterocycles. The molecule has 116 valence electrons. The lowest BCUT2D eigenvalue weighted by Gasteiger charge is -2.17. The van der Waals surface area contributed by atoms with E-state index in [9.17, 15) is 9.59 Å². The van der Waals surface area contributed by atoms with Crippen molar-refractivity contribution in [2.75, 3.05) is 0 Å². The molecular weight excluding hydrogens is 282 g/mol. The lowest BCUT2D eigenvalue weighted by atomic mass is 10.0. The van der Waals surface area contributed by atoms with Crippen LogP contribution in [0.1, 0.15) is 38.3 Å². The molecule has 1 aromatic carbocycles. The standard InChI is InChI=1S/C16H19N3O3/c1-16(2,3)22-15(21)19-13(9-14(18)20)8-11-4-6-12(10-17)7-5-11/h4-7H,8-9H2,1-3H3,(H2,18,20). The predicted molar refractivity (Wildman–Crippen MR) is 82.3 cm³/mol. The molecule has 6 nitrogen and oxygen atoms in total. The highest BCUT2D eigenvalue weighted by Gasteiger charge is 2.17. The second-order valence-corrected chi connectivity index (χ2v) is 5.79. The third-order valence-corrected chi connectivity index (χ3v) is 2.51. The number of nitrogens with zero attached hydrogens (tertiary/aromatic N) is 2. The molecule has 1 aromatic rings. The van der Waals surface area contributed by atoms with Gasteiger partial charge in [-0.1, -0.05) is 12.1 Å². The summed E-state index contributed by atoms with van der Waals surface area (Å²) in [4.78, 5) is 26.7. The highest BCUT2D eigenvalue weighted by molar-refractivity contribution is 6.05. The molecule has 0 aromatic heterocycles.